The smallest absolute Gasteiger partial charge is 0.227 e. The van der Waals surface area contributed by atoms with Crippen molar-refractivity contribution in [3.05, 3.63) is 0 Å². The number of amides is 1. The van der Waals surface area contributed by atoms with E-state index in [4.69, 9.17) is 0 Å². The van der Waals surface area contributed by atoms with Gasteiger partial charge in [0.2, 0.25) is 5.91 Å². The first-order valence-electron chi connectivity index (χ1n) is 7.67. The van der Waals surface area contributed by atoms with Crippen LogP contribution >= 0.6 is 0 Å². The van der Waals surface area contributed by atoms with Crippen LogP contribution in [-0.4, -0.2) is 60.0 Å². The maximum Gasteiger partial charge on any atom is 0.227 e. The number of piperazine rings is 1. The van der Waals surface area contributed by atoms with E-state index >= 15 is 0 Å². The molecule has 2 aliphatic heterocycles. The van der Waals surface area contributed by atoms with Crippen molar-refractivity contribution in [2.24, 2.45) is 5.92 Å². The van der Waals surface area contributed by atoms with Crippen LogP contribution in [0.5, 0.6) is 0 Å². The molecule has 0 aliphatic carbocycles. The van der Waals surface area contributed by atoms with Crippen molar-refractivity contribution in [2.45, 2.75) is 52.1 Å². The summed E-state index contributed by atoms with van der Waals surface area (Å²) in [6, 6.07) is 0.335. The topological polar surface area (TPSA) is 35.6 Å². The van der Waals surface area contributed by atoms with Gasteiger partial charge in [-0.2, -0.15) is 0 Å². The summed E-state index contributed by atoms with van der Waals surface area (Å²) >= 11 is 0. The van der Waals surface area contributed by atoms with Crippen molar-refractivity contribution in [3.8, 4) is 0 Å². The van der Waals surface area contributed by atoms with Crippen molar-refractivity contribution in [1.29, 1.82) is 0 Å². The van der Waals surface area contributed by atoms with E-state index < -0.39 is 0 Å². The molecule has 1 N–H and O–H groups in total. The van der Waals surface area contributed by atoms with E-state index in [1.807, 2.05) is 0 Å². The molecule has 2 fully saturated rings. The Hall–Kier alpha value is -0.610. The van der Waals surface area contributed by atoms with Gasteiger partial charge in [-0.3, -0.25) is 9.69 Å². The van der Waals surface area contributed by atoms with Crippen LogP contribution in [-0.2, 0) is 4.79 Å². The Morgan fingerprint density at radius 2 is 1.79 bits per heavy atom. The fourth-order valence-corrected chi connectivity index (χ4v) is 3.21. The molecular formula is C15H29N3O. The van der Waals surface area contributed by atoms with Gasteiger partial charge in [0.05, 0.1) is 5.92 Å². The Morgan fingerprint density at radius 3 is 2.32 bits per heavy atom. The molecule has 4 heteroatoms. The van der Waals surface area contributed by atoms with Crippen LogP contribution in [0.2, 0.25) is 0 Å². The first-order chi connectivity index (χ1) is 8.89. The molecule has 2 aliphatic rings. The lowest BCUT2D eigenvalue weighted by atomic mass is 9.90. The molecule has 0 radical (unpaired) electrons. The number of carbonyl (C=O) groups excluding carboxylic acids is 1. The lowest BCUT2D eigenvalue weighted by Gasteiger charge is -2.43. The molecule has 2 heterocycles. The number of hydrogen-bond acceptors (Lipinski definition) is 3. The molecule has 4 nitrogen and oxygen atoms in total. The highest BCUT2D eigenvalue weighted by molar-refractivity contribution is 5.79. The molecule has 19 heavy (non-hydrogen) atoms. The van der Waals surface area contributed by atoms with Crippen molar-refractivity contribution in [3.63, 3.8) is 0 Å². The minimum atomic E-state index is 0.190. The summed E-state index contributed by atoms with van der Waals surface area (Å²) in [6.45, 7) is 13.7. The molecule has 2 rings (SSSR count). The molecule has 0 spiro atoms. The van der Waals surface area contributed by atoms with E-state index in [0.29, 0.717) is 11.9 Å². The van der Waals surface area contributed by atoms with Gasteiger partial charge in [0.25, 0.3) is 0 Å². The number of hydrogen-bond donors (Lipinski definition) is 1. The second-order valence-corrected chi connectivity index (χ2v) is 6.97. The number of rotatable bonds is 1. The van der Waals surface area contributed by atoms with Gasteiger partial charge in [-0.05, 0) is 47.1 Å². The van der Waals surface area contributed by atoms with Crippen molar-refractivity contribution < 1.29 is 4.79 Å². The third kappa shape index (κ3) is 3.48. The molecule has 0 saturated carbocycles. The summed E-state index contributed by atoms with van der Waals surface area (Å²) in [7, 11) is 0. The second-order valence-electron chi connectivity index (χ2n) is 6.97. The number of piperidine rings is 1. The first-order valence-corrected chi connectivity index (χ1v) is 7.67. The average molecular weight is 267 g/mol. The largest absolute Gasteiger partial charge is 0.340 e. The molecule has 2 saturated heterocycles. The van der Waals surface area contributed by atoms with Gasteiger partial charge in [0, 0.05) is 37.8 Å². The van der Waals surface area contributed by atoms with E-state index in [2.05, 4.69) is 42.8 Å². The fraction of sp³-hybridized carbons (Fsp3) is 0.933. The van der Waals surface area contributed by atoms with Gasteiger partial charge in [0.1, 0.15) is 0 Å². The monoisotopic (exact) mass is 267 g/mol. The zero-order valence-corrected chi connectivity index (χ0v) is 12.9. The molecule has 2 atom stereocenters. The summed E-state index contributed by atoms with van der Waals surface area (Å²) < 4.78 is 0. The normalized spacial score (nSPS) is 30.4. The quantitative estimate of drug-likeness (QED) is 0.778. The Kier molecular flexibility index (Phi) is 4.51. The highest BCUT2D eigenvalue weighted by atomic mass is 16.2. The van der Waals surface area contributed by atoms with Crippen LogP contribution in [0.4, 0.5) is 0 Å². The molecule has 110 valence electrons. The van der Waals surface area contributed by atoms with Crippen LogP contribution in [0.3, 0.4) is 0 Å². The van der Waals surface area contributed by atoms with Gasteiger partial charge in [-0.25, -0.2) is 0 Å². The highest BCUT2D eigenvalue weighted by Gasteiger charge is 2.34. The summed E-state index contributed by atoms with van der Waals surface area (Å²) in [5.41, 5.74) is 0.217. The molecule has 2 unspecified atom stereocenters. The van der Waals surface area contributed by atoms with E-state index in [0.717, 1.165) is 45.6 Å². The Bertz CT molecular complexity index is 316. The second kappa shape index (κ2) is 5.80. The maximum atomic E-state index is 12.6. The Morgan fingerprint density at radius 1 is 1.16 bits per heavy atom. The summed E-state index contributed by atoms with van der Waals surface area (Å²) in [4.78, 5) is 17.1. The zero-order valence-electron chi connectivity index (χ0n) is 12.9. The van der Waals surface area contributed by atoms with E-state index in [1.165, 1.54) is 0 Å². The summed E-state index contributed by atoms with van der Waals surface area (Å²) in [5.74, 6) is 0.559. The lowest BCUT2D eigenvalue weighted by Crippen LogP contribution is -2.57. The molecule has 0 bridgehead atoms. The fourth-order valence-electron chi connectivity index (χ4n) is 3.21. The number of nitrogens with one attached hydrogen (secondary N) is 1. The van der Waals surface area contributed by atoms with Gasteiger partial charge >= 0.3 is 0 Å². The van der Waals surface area contributed by atoms with Crippen LogP contribution in [0, 0.1) is 5.92 Å². The van der Waals surface area contributed by atoms with Crippen molar-refractivity contribution in [1.82, 2.24) is 15.1 Å². The van der Waals surface area contributed by atoms with Crippen molar-refractivity contribution in [2.75, 3.05) is 32.7 Å². The standard InChI is InChI=1S/C15H29N3O/c1-12-13(6-5-7-16-12)14(19)17-8-10-18(11-9-17)15(2,3)4/h12-13,16H,5-11H2,1-4H3. The molecular weight excluding hydrogens is 238 g/mol. The summed E-state index contributed by atoms with van der Waals surface area (Å²) in [6.07, 6.45) is 2.18. The minimum absolute atomic E-state index is 0.190. The molecule has 0 aromatic heterocycles. The predicted octanol–water partition coefficient (Wildman–Crippen LogP) is 1.32. The number of nitrogens with zero attached hydrogens (tertiary/aromatic N) is 2. The SMILES string of the molecule is CC1NCCCC1C(=O)N1CCN(C(C)(C)C)CC1. The predicted molar refractivity (Wildman–Crippen MR) is 78.1 cm³/mol. The molecule has 0 aromatic carbocycles. The van der Waals surface area contributed by atoms with Crippen molar-refractivity contribution >= 4 is 5.91 Å². The molecule has 0 aromatic rings. The van der Waals surface area contributed by atoms with Gasteiger partial charge in [0.15, 0.2) is 0 Å². The van der Waals surface area contributed by atoms with Crippen LogP contribution in [0.25, 0.3) is 0 Å². The van der Waals surface area contributed by atoms with Gasteiger partial charge in [-0.15, -0.1) is 0 Å². The zero-order chi connectivity index (χ0) is 14.0. The highest BCUT2D eigenvalue weighted by Crippen LogP contribution is 2.21. The number of carbonyl (C=O) groups is 1. The van der Waals surface area contributed by atoms with Crippen LogP contribution < -0.4 is 5.32 Å². The summed E-state index contributed by atoms with van der Waals surface area (Å²) in [5, 5.41) is 3.43. The Labute approximate surface area is 117 Å². The van der Waals surface area contributed by atoms with Crippen LogP contribution in [0.15, 0.2) is 0 Å². The minimum Gasteiger partial charge on any atom is -0.340 e. The Balaban J connectivity index is 1.88. The third-order valence-corrected chi connectivity index (χ3v) is 4.62. The van der Waals surface area contributed by atoms with Crippen LogP contribution in [0.1, 0.15) is 40.5 Å². The maximum absolute atomic E-state index is 12.6. The van der Waals surface area contributed by atoms with E-state index in [9.17, 15) is 4.79 Å². The van der Waals surface area contributed by atoms with Gasteiger partial charge < -0.3 is 10.2 Å². The third-order valence-electron chi connectivity index (χ3n) is 4.62. The average Bonchev–Trinajstić information content (AvgIpc) is 2.38. The molecule has 1 amide bonds. The van der Waals surface area contributed by atoms with E-state index in [1.54, 1.807) is 0 Å². The van der Waals surface area contributed by atoms with Gasteiger partial charge in [-0.1, -0.05) is 0 Å². The lowest BCUT2D eigenvalue weighted by molar-refractivity contribution is -0.139. The van der Waals surface area contributed by atoms with E-state index in [-0.39, 0.29) is 11.5 Å². The first kappa shape index (κ1) is 14.8.